The van der Waals surface area contributed by atoms with Crippen molar-refractivity contribution in [1.82, 2.24) is 10.2 Å². The van der Waals surface area contributed by atoms with Crippen molar-refractivity contribution < 1.29 is 4.79 Å². The normalized spacial score (nSPS) is 11.7. The second kappa shape index (κ2) is 4.20. The number of benzene rings is 1. The van der Waals surface area contributed by atoms with Crippen LogP contribution in [0.25, 0.3) is 10.9 Å². The molecule has 2 rings (SSSR count). The second-order valence-corrected chi connectivity index (χ2v) is 5.40. The van der Waals surface area contributed by atoms with Crippen molar-refractivity contribution in [3.05, 3.63) is 24.3 Å². The summed E-state index contributed by atoms with van der Waals surface area (Å²) in [5, 5.41) is 10.8. The van der Waals surface area contributed by atoms with E-state index < -0.39 is 0 Å². The number of H-pyrrole nitrogens is 1. The number of aromatic nitrogens is 2. The molecule has 17 heavy (non-hydrogen) atoms. The van der Waals surface area contributed by atoms with Crippen LogP contribution in [-0.2, 0) is 4.79 Å². The molecule has 0 fully saturated rings. The number of nitrogens with one attached hydrogen (secondary N) is 2. The predicted molar refractivity (Wildman–Crippen MR) is 68.8 cm³/mol. The Morgan fingerprint density at radius 2 is 2.06 bits per heavy atom. The summed E-state index contributed by atoms with van der Waals surface area (Å²) in [5.41, 5.74) is 0.912. The van der Waals surface area contributed by atoms with Gasteiger partial charge in [0.2, 0.25) is 5.91 Å². The Balaban J connectivity index is 2.16. The van der Waals surface area contributed by atoms with Crippen molar-refractivity contribution in [2.45, 2.75) is 27.2 Å². The maximum Gasteiger partial charge on any atom is 0.226 e. The zero-order valence-corrected chi connectivity index (χ0v) is 10.4. The lowest BCUT2D eigenvalue weighted by Gasteiger charge is -2.16. The lowest BCUT2D eigenvalue weighted by molar-refractivity contribution is -0.117. The minimum atomic E-state index is -0.0177. The average Bonchev–Trinajstić information content (AvgIpc) is 2.59. The highest BCUT2D eigenvalue weighted by atomic mass is 16.1. The van der Waals surface area contributed by atoms with Crippen LogP contribution in [0.5, 0.6) is 0 Å². The molecule has 90 valence electrons. The topological polar surface area (TPSA) is 57.8 Å². The first-order valence-corrected chi connectivity index (χ1v) is 5.69. The summed E-state index contributed by atoms with van der Waals surface area (Å²) in [6.07, 6.45) is 0.480. The van der Waals surface area contributed by atoms with E-state index in [0.29, 0.717) is 12.2 Å². The number of para-hydroxylation sites is 1. The molecular formula is C13H17N3O. The third kappa shape index (κ3) is 2.84. The zero-order valence-electron chi connectivity index (χ0n) is 10.4. The number of anilines is 1. The minimum absolute atomic E-state index is 0.00486. The number of carbonyl (C=O) groups is 1. The maximum atomic E-state index is 11.8. The van der Waals surface area contributed by atoms with Crippen LogP contribution in [0.1, 0.15) is 27.2 Å². The molecule has 1 aromatic heterocycles. The van der Waals surface area contributed by atoms with Crippen LogP contribution in [0.4, 0.5) is 5.82 Å². The molecule has 0 radical (unpaired) electrons. The number of hydrogen-bond donors (Lipinski definition) is 2. The fourth-order valence-corrected chi connectivity index (χ4v) is 1.72. The van der Waals surface area contributed by atoms with Gasteiger partial charge in [-0.25, -0.2) is 0 Å². The van der Waals surface area contributed by atoms with Crippen LogP contribution in [0.2, 0.25) is 0 Å². The maximum absolute atomic E-state index is 11.8. The highest BCUT2D eigenvalue weighted by molar-refractivity contribution is 5.99. The molecule has 4 nitrogen and oxygen atoms in total. The number of aromatic amines is 1. The molecule has 0 atom stereocenters. The molecule has 0 aliphatic carbocycles. The molecule has 0 aliphatic heterocycles. The van der Waals surface area contributed by atoms with E-state index in [1.54, 1.807) is 0 Å². The van der Waals surface area contributed by atoms with Crippen molar-refractivity contribution in [2.75, 3.05) is 5.32 Å². The molecule has 0 aliphatic rings. The lowest BCUT2D eigenvalue weighted by atomic mass is 9.92. The first kappa shape index (κ1) is 11.6. The summed E-state index contributed by atoms with van der Waals surface area (Å²) in [4.78, 5) is 11.8. The molecule has 4 heteroatoms. The molecule has 0 saturated heterocycles. The molecule has 2 N–H and O–H groups in total. The van der Waals surface area contributed by atoms with Crippen molar-refractivity contribution >= 4 is 22.6 Å². The van der Waals surface area contributed by atoms with E-state index in [-0.39, 0.29) is 11.3 Å². The molecular weight excluding hydrogens is 214 g/mol. The number of carbonyl (C=O) groups excluding carboxylic acids is 1. The van der Waals surface area contributed by atoms with Gasteiger partial charge in [-0.15, -0.1) is 0 Å². The Morgan fingerprint density at radius 1 is 1.35 bits per heavy atom. The Kier molecular flexibility index (Phi) is 2.88. The van der Waals surface area contributed by atoms with Crippen molar-refractivity contribution in [1.29, 1.82) is 0 Å². The van der Waals surface area contributed by atoms with Crippen molar-refractivity contribution in [3.8, 4) is 0 Å². The fourth-order valence-electron chi connectivity index (χ4n) is 1.72. The largest absolute Gasteiger partial charge is 0.309 e. The number of amides is 1. The van der Waals surface area contributed by atoms with Gasteiger partial charge in [0.05, 0.1) is 5.52 Å². The monoisotopic (exact) mass is 231 g/mol. The van der Waals surface area contributed by atoms with E-state index in [2.05, 4.69) is 15.5 Å². The van der Waals surface area contributed by atoms with E-state index in [1.807, 2.05) is 45.0 Å². The smallest absolute Gasteiger partial charge is 0.226 e. The summed E-state index contributed by atoms with van der Waals surface area (Å²) in [6.45, 7) is 6.11. The Hall–Kier alpha value is -1.84. The molecule has 1 amide bonds. The molecule has 0 spiro atoms. The highest BCUT2D eigenvalue weighted by Gasteiger charge is 2.17. The van der Waals surface area contributed by atoms with Crippen LogP contribution in [0.15, 0.2) is 24.3 Å². The van der Waals surface area contributed by atoms with E-state index >= 15 is 0 Å². The van der Waals surface area contributed by atoms with Gasteiger partial charge in [-0.3, -0.25) is 9.89 Å². The SMILES string of the molecule is CC(C)(C)CC(=O)Nc1n[nH]c2ccccc12. The molecule has 1 heterocycles. The van der Waals surface area contributed by atoms with Crippen LogP contribution in [0.3, 0.4) is 0 Å². The predicted octanol–water partition coefficient (Wildman–Crippen LogP) is 2.94. The van der Waals surface area contributed by atoms with Gasteiger partial charge in [0.1, 0.15) is 0 Å². The van der Waals surface area contributed by atoms with Gasteiger partial charge in [0.25, 0.3) is 0 Å². The Morgan fingerprint density at radius 3 is 2.76 bits per heavy atom. The van der Waals surface area contributed by atoms with Gasteiger partial charge in [-0.2, -0.15) is 5.10 Å². The third-order valence-corrected chi connectivity index (χ3v) is 2.42. The van der Waals surface area contributed by atoms with E-state index in [0.717, 1.165) is 10.9 Å². The van der Waals surface area contributed by atoms with Crippen LogP contribution in [0, 0.1) is 5.41 Å². The van der Waals surface area contributed by atoms with Crippen LogP contribution >= 0.6 is 0 Å². The summed E-state index contributed by atoms with van der Waals surface area (Å²) in [5.74, 6) is 0.601. The zero-order chi connectivity index (χ0) is 12.5. The standard InChI is InChI=1S/C13H17N3O/c1-13(2,3)8-11(17)14-12-9-6-4-5-7-10(9)15-16-12/h4-7H,8H2,1-3H3,(H2,14,15,16,17). The van der Waals surface area contributed by atoms with Gasteiger partial charge in [0, 0.05) is 11.8 Å². The number of rotatable bonds is 2. The quantitative estimate of drug-likeness (QED) is 0.834. The van der Waals surface area contributed by atoms with Crippen LogP contribution in [-0.4, -0.2) is 16.1 Å². The van der Waals surface area contributed by atoms with Crippen molar-refractivity contribution in [2.24, 2.45) is 5.41 Å². The molecule has 0 saturated carbocycles. The van der Waals surface area contributed by atoms with Gasteiger partial charge < -0.3 is 5.32 Å². The Bertz CT molecular complexity index is 537. The first-order valence-electron chi connectivity index (χ1n) is 5.69. The van der Waals surface area contributed by atoms with Crippen molar-refractivity contribution in [3.63, 3.8) is 0 Å². The second-order valence-electron chi connectivity index (χ2n) is 5.40. The first-order chi connectivity index (χ1) is 7.96. The van der Waals surface area contributed by atoms with E-state index in [9.17, 15) is 4.79 Å². The summed E-state index contributed by atoms with van der Waals surface area (Å²) < 4.78 is 0. The Labute approximate surface area is 100 Å². The van der Waals surface area contributed by atoms with Gasteiger partial charge in [-0.1, -0.05) is 32.9 Å². The average molecular weight is 231 g/mol. The summed E-state index contributed by atoms with van der Waals surface area (Å²) in [7, 11) is 0. The number of hydrogen-bond acceptors (Lipinski definition) is 2. The van der Waals surface area contributed by atoms with Gasteiger partial charge in [0.15, 0.2) is 5.82 Å². The third-order valence-electron chi connectivity index (χ3n) is 2.42. The molecule has 2 aromatic rings. The number of nitrogens with zero attached hydrogens (tertiary/aromatic N) is 1. The van der Waals surface area contributed by atoms with Crippen LogP contribution < -0.4 is 5.32 Å². The summed E-state index contributed by atoms with van der Waals surface area (Å²) >= 11 is 0. The molecule has 1 aromatic carbocycles. The highest BCUT2D eigenvalue weighted by Crippen LogP contribution is 2.22. The van der Waals surface area contributed by atoms with Gasteiger partial charge >= 0.3 is 0 Å². The molecule has 0 bridgehead atoms. The van der Waals surface area contributed by atoms with Gasteiger partial charge in [-0.05, 0) is 17.5 Å². The molecule has 0 unspecified atom stereocenters. The number of fused-ring (bicyclic) bond motifs is 1. The minimum Gasteiger partial charge on any atom is -0.309 e. The summed E-state index contributed by atoms with van der Waals surface area (Å²) in [6, 6.07) is 7.73. The fraction of sp³-hybridized carbons (Fsp3) is 0.385. The lowest BCUT2D eigenvalue weighted by Crippen LogP contribution is -2.19. The van der Waals surface area contributed by atoms with E-state index in [1.165, 1.54) is 0 Å². The van der Waals surface area contributed by atoms with E-state index in [4.69, 9.17) is 0 Å².